The van der Waals surface area contributed by atoms with E-state index in [9.17, 15) is 14.7 Å². The van der Waals surface area contributed by atoms with Crippen LogP contribution in [0.1, 0.15) is 41.9 Å². The molecule has 7 nitrogen and oxygen atoms in total. The van der Waals surface area contributed by atoms with E-state index in [1.807, 2.05) is 24.3 Å². The lowest BCUT2D eigenvalue weighted by atomic mass is 9.82. The number of benzene rings is 1. The summed E-state index contributed by atoms with van der Waals surface area (Å²) < 4.78 is 1.50. The van der Waals surface area contributed by atoms with Crippen molar-refractivity contribution in [3.05, 3.63) is 64.2 Å². The minimum absolute atomic E-state index is 0.251. The molecule has 1 aliphatic carbocycles. The fourth-order valence-electron chi connectivity index (χ4n) is 4.09. The van der Waals surface area contributed by atoms with Crippen molar-refractivity contribution in [3.8, 4) is 5.75 Å². The molecule has 7 heteroatoms. The smallest absolute Gasteiger partial charge is 0.275 e. The van der Waals surface area contributed by atoms with E-state index < -0.39 is 17.1 Å². The average Bonchev–Trinajstić information content (AvgIpc) is 3.19. The van der Waals surface area contributed by atoms with Gasteiger partial charge in [-0.05, 0) is 25.0 Å². The van der Waals surface area contributed by atoms with Crippen LogP contribution in [-0.4, -0.2) is 32.8 Å². The van der Waals surface area contributed by atoms with E-state index in [4.69, 9.17) is 4.98 Å². The number of fused-ring (bicyclic) bond motifs is 1. The van der Waals surface area contributed by atoms with E-state index in [2.05, 4.69) is 22.5 Å². The predicted molar refractivity (Wildman–Crippen MR) is 105 cm³/mol. The van der Waals surface area contributed by atoms with Crippen LogP contribution >= 0.6 is 0 Å². The summed E-state index contributed by atoms with van der Waals surface area (Å²) in [6.45, 7) is 0.441. The molecular formula is C21H22N4O3. The highest BCUT2D eigenvalue weighted by molar-refractivity contribution is 5.92. The molecule has 1 fully saturated rings. The quantitative estimate of drug-likeness (QED) is 0.726. The number of aromatic nitrogens is 3. The van der Waals surface area contributed by atoms with Crippen LogP contribution < -0.4 is 10.7 Å². The van der Waals surface area contributed by atoms with Gasteiger partial charge in [0.15, 0.2) is 11.4 Å². The van der Waals surface area contributed by atoms with Crippen molar-refractivity contribution in [3.63, 3.8) is 0 Å². The molecule has 3 aromatic rings. The summed E-state index contributed by atoms with van der Waals surface area (Å²) in [6, 6.07) is 12.1. The molecule has 0 bridgehead atoms. The largest absolute Gasteiger partial charge is 0.503 e. The highest BCUT2D eigenvalue weighted by Crippen LogP contribution is 2.42. The van der Waals surface area contributed by atoms with E-state index in [1.54, 1.807) is 0 Å². The van der Waals surface area contributed by atoms with E-state index in [0.29, 0.717) is 6.54 Å². The summed E-state index contributed by atoms with van der Waals surface area (Å²) >= 11 is 0. The predicted octanol–water partition coefficient (Wildman–Crippen LogP) is 2.37. The van der Waals surface area contributed by atoms with Gasteiger partial charge >= 0.3 is 0 Å². The van der Waals surface area contributed by atoms with Gasteiger partial charge in [-0.15, -0.1) is 0 Å². The first-order chi connectivity index (χ1) is 13.5. The second-order valence-corrected chi connectivity index (χ2v) is 7.35. The molecule has 1 aromatic carbocycles. The van der Waals surface area contributed by atoms with Crippen LogP contribution in [0.4, 0.5) is 0 Å². The Bertz CT molecular complexity index is 1100. The first-order valence-electron chi connectivity index (χ1n) is 9.41. The van der Waals surface area contributed by atoms with Crippen molar-refractivity contribution in [2.75, 3.05) is 7.05 Å². The summed E-state index contributed by atoms with van der Waals surface area (Å²) in [5.41, 5.74) is 0.596. The van der Waals surface area contributed by atoms with Crippen LogP contribution in [0.15, 0.2) is 47.4 Å². The molecule has 0 radical (unpaired) electrons. The van der Waals surface area contributed by atoms with Gasteiger partial charge in [0.2, 0.25) is 0 Å². The SMILES string of the molecule is CNC(=O)c1nn(CC2(c3ccc4ccccc4n3)CCCC2)cc(O)c1=O. The lowest BCUT2D eigenvalue weighted by Gasteiger charge is -2.29. The van der Waals surface area contributed by atoms with E-state index in [1.165, 1.54) is 17.9 Å². The molecule has 0 saturated heterocycles. The van der Waals surface area contributed by atoms with Crippen LogP contribution in [0.25, 0.3) is 10.9 Å². The minimum atomic E-state index is -0.764. The Morgan fingerprint density at radius 3 is 2.71 bits per heavy atom. The number of carbonyl (C=O) groups excluding carboxylic acids is 1. The monoisotopic (exact) mass is 378 g/mol. The van der Waals surface area contributed by atoms with Gasteiger partial charge < -0.3 is 10.4 Å². The first kappa shape index (κ1) is 18.2. The summed E-state index contributed by atoms with van der Waals surface area (Å²) in [5.74, 6) is -1.09. The van der Waals surface area contributed by atoms with Gasteiger partial charge in [-0.1, -0.05) is 37.1 Å². The second kappa shape index (κ2) is 7.07. The Kier molecular flexibility index (Phi) is 4.58. The molecule has 1 saturated carbocycles. The van der Waals surface area contributed by atoms with Gasteiger partial charge in [0, 0.05) is 23.5 Å². The molecule has 28 heavy (non-hydrogen) atoms. The van der Waals surface area contributed by atoms with Crippen molar-refractivity contribution in [1.29, 1.82) is 0 Å². The molecule has 0 atom stereocenters. The van der Waals surface area contributed by atoms with Crippen molar-refractivity contribution in [2.24, 2.45) is 0 Å². The second-order valence-electron chi connectivity index (χ2n) is 7.35. The maximum absolute atomic E-state index is 12.1. The lowest BCUT2D eigenvalue weighted by Crippen LogP contribution is -2.34. The standard InChI is InChI=1S/C21H22N4O3/c1-22-20(28)18-19(27)16(26)12-25(24-18)13-21(10-4-5-11-21)17-9-8-14-6-2-3-7-15(14)23-17/h2-3,6-9,12,26H,4-5,10-11,13H2,1H3,(H,22,28). The molecule has 0 aliphatic heterocycles. The third kappa shape index (κ3) is 3.13. The molecule has 0 unspecified atom stereocenters. The third-order valence-corrected chi connectivity index (χ3v) is 5.56. The summed E-state index contributed by atoms with van der Waals surface area (Å²) in [7, 11) is 1.43. The number of aromatic hydroxyl groups is 1. The minimum Gasteiger partial charge on any atom is -0.503 e. The Morgan fingerprint density at radius 2 is 1.96 bits per heavy atom. The Hall–Kier alpha value is -3.22. The Labute approximate surface area is 162 Å². The molecule has 144 valence electrons. The van der Waals surface area contributed by atoms with E-state index in [-0.39, 0.29) is 11.1 Å². The van der Waals surface area contributed by atoms with Gasteiger partial charge in [-0.3, -0.25) is 19.3 Å². The Morgan fingerprint density at radius 1 is 1.21 bits per heavy atom. The average molecular weight is 378 g/mol. The van der Waals surface area contributed by atoms with E-state index in [0.717, 1.165) is 42.3 Å². The number of carbonyl (C=O) groups is 1. The molecule has 2 N–H and O–H groups in total. The zero-order valence-electron chi connectivity index (χ0n) is 15.7. The summed E-state index contributed by atoms with van der Waals surface area (Å²) in [5, 5.41) is 17.7. The molecular weight excluding hydrogens is 356 g/mol. The van der Waals surface area contributed by atoms with E-state index >= 15 is 0 Å². The fraction of sp³-hybridized carbons (Fsp3) is 0.333. The topological polar surface area (TPSA) is 97.1 Å². The zero-order chi connectivity index (χ0) is 19.7. The molecule has 0 spiro atoms. The van der Waals surface area contributed by atoms with Crippen LogP contribution in [0, 0.1) is 0 Å². The van der Waals surface area contributed by atoms with Gasteiger partial charge in [0.1, 0.15) is 0 Å². The van der Waals surface area contributed by atoms with Crippen LogP contribution in [-0.2, 0) is 12.0 Å². The number of nitrogens with one attached hydrogen (secondary N) is 1. The number of hydrogen-bond donors (Lipinski definition) is 2. The number of amides is 1. The normalized spacial score (nSPS) is 15.6. The lowest BCUT2D eigenvalue weighted by molar-refractivity contribution is 0.0953. The maximum Gasteiger partial charge on any atom is 0.275 e. The van der Waals surface area contributed by atoms with Gasteiger partial charge in [-0.2, -0.15) is 5.10 Å². The van der Waals surface area contributed by atoms with Crippen molar-refractivity contribution < 1.29 is 9.90 Å². The van der Waals surface area contributed by atoms with Crippen molar-refractivity contribution in [1.82, 2.24) is 20.1 Å². The van der Waals surface area contributed by atoms with Gasteiger partial charge in [-0.25, -0.2) is 0 Å². The highest BCUT2D eigenvalue weighted by Gasteiger charge is 2.38. The van der Waals surface area contributed by atoms with Crippen LogP contribution in [0.2, 0.25) is 0 Å². The fourth-order valence-corrected chi connectivity index (χ4v) is 4.09. The van der Waals surface area contributed by atoms with Crippen molar-refractivity contribution >= 4 is 16.8 Å². The Balaban J connectivity index is 1.77. The molecule has 4 rings (SSSR count). The summed E-state index contributed by atoms with van der Waals surface area (Å²) in [4.78, 5) is 28.9. The number of nitrogens with zero attached hydrogens (tertiary/aromatic N) is 3. The van der Waals surface area contributed by atoms with Crippen LogP contribution in [0.5, 0.6) is 5.75 Å². The highest BCUT2D eigenvalue weighted by atomic mass is 16.3. The number of hydrogen-bond acceptors (Lipinski definition) is 5. The third-order valence-electron chi connectivity index (χ3n) is 5.56. The molecule has 2 aromatic heterocycles. The first-order valence-corrected chi connectivity index (χ1v) is 9.41. The van der Waals surface area contributed by atoms with Crippen molar-refractivity contribution in [2.45, 2.75) is 37.6 Å². The maximum atomic E-state index is 12.1. The number of pyridine rings is 1. The molecule has 1 aliphatic rings. The van der Waals surface area contributed by atoms with Crippen LogP contribution in [0.3, 0.4) is 0 Å². The molecule has 1 amide bonds. The van der Waals surface area contributed by atoms with Gasteiger partial charge in [0.25, 0.3) is 11.3 Å². The van der Waals surface area contributed by atoms with Gasteiger partial charge in [0.05, 0.1) is 18.3 Å². The summed E-state index contributed by atoms with van der Waals surface area (Å²) in [6.07, 6.45) is 5.31. The number of para-hydroxylation sites is 1. The molecule has 2 heterocycles. The number of rotatable bonds is 4. The zero-order valence-corrected chi connectivity index (χ0v) is 15.7.